The first kappa shape index (κ1) is 14.4. The van der Waals surface area contributed by atoms with E-state index in [4.69, 9.17) is 4.74 Å². The van der Waals surface area contributed by atoms with Crippen molar-refractivity contribution in [2.24, 2.45) is 0 Å². The molecule has 1 atom stereocenters. The van der Waals surface area contributed by atoms with Crippen LogP contribution in [0.2, 0.25) is 0 Å². The zero-order valence-corrected chi connectivity index (χ0v) is 11.3. The van der Waals surface area contributed by atoms with E-state index in [0.717, 1.165) is 12.1 Å². The third-order valence-corrected chi connectivity index (χ3v) is 2.51. The van der Waals surface area contributed by atoms with E-state index in [0.29, 0.717) is 11.9 Å². The average Bonchev–Trinajstić information content (AvgIpc) is 2.35. The van der Waals surface area contributed by atoms with Gasteiger partial charge in [-0.25, -0.2) is 4.98 Å². The van der Waals surface area contributed by atoms with Crippen molar-refractivity contribution in [3.05, 3.63) is 11.8 Å². The standard InChI is InChI=1S/C12H20N4O2/c1-5-8(2)13-7-10(17)15-12-14-9(3)6-11(16-12)18-4/h6,8,13H,5,7H2,1-4H3,(H,14,15,16,17). The predicted octanol–water partition coefficient (Wildman–Crippen LogP) is 1.12. The summed E-state index contributed by atoms with van der Waals surface area (Å²) in [5, 5.41) is 5.73. The third kappa shape index (κ3) is 4.67. The van der Waals surface area contributed by atoms with Crippen LogP contribution in [0.3, 0.4) is 0 Å². The number of hydrogen-bond donors (Lipinski definition) is 2. The molecule has 100 valence electrons. The molecule has 1 aromatic heterocycles. The molecule has 1 heterocycles. The Hall–Kier alpha value is -1.69. The van der Waals surface area contributed by atoms with Gasteiger partial charge in [-0.2, -0.15) is 4.98 Å². The van der Waals surface area contributed by atoms with Crippen LogP contribution in [0.15, 0.2) is 6.07 Å². The van der Waals surface area contributed by atoms with Crippen molar-refractivity contribution in [1.82, 2.24) is 15.3 Å². The predicted molar refractivity (Wildman–Crippen MR) is 69.7 cm³/mol. The molecule has 0 spiro atoms. The van der Waals surface area contributed by atoms with Gasteiger partial charge in [0.15, 0.2) is 0 Å². The van der Waals surface area contributed by atoms with E-state index in [2.05, 4.69) is 27.5 Å². The van der Waals surface area contributed by atoms with Crippen LogP contribution >= 0.6 is 0 Å². The van der Waals surface area contributed by atoms with Crippen molar-refractivity contribution in [3.8, 4) is 5.88 Å². The molecule has 0 saturated heterocycles. The molecular weight excluding hydrogens is 232 g/mol. The maximum atomic E-state index is 11.6. The fourth-order valence-electron chi connectivity index (χ4n) is 1.28. The lowest BCUT2D eigenvalue weighted by atomic mass is 10.2. The van der Waals surface area contributed by atoms with Crippen LogP contribution in [-0.2, 0) is 4.79 Å². The molecule has 0 aromatic carbocycles. The topological polar surface area (TPSA) is 76.1 Å². The Morgan fingerprint density at radius 2 is 2.22 bits per heavy atom. The first-order valence-corrected chi connectivity index (χ1v) is 5.98. The summed E-state index contributed by atoms with van der Waals surface area (Å²) in [4.78, 5) is 19.8. The average molecular weight is 252 g/mol. The molecule has 1 rings (SSSR count). The van der Waals surface area contributed by atoms with E-state index in [9.17, 15) is 4.79 Å². The molecule has 0 saturated carbocycles. The maximum absolute atomic E-state index is 11.6. The molecule has 18 heavy (non-hydrogen) atoms. The summed E-state index contributed by atoms with van der Waals surface area (Å²) in [6.45, 7) is 6.15. The Balaban J connectivity index is 2.56. The molecule has 0 radical (unpaired) electrons. The van der Waals surface area contributed by atoms with E-state index >= 15 is 0 Å². The Bertz CT molecular complexity index is 409. The molecule has 1 aromatic rings. The molecule has 0 aliphatic heterocycles. The number of rotatable bonds is 6. The molecule has 0 aliphatic rings. The van der Waals surface area contributed by atoms with Gasteiger partial charge in [0.2, 0.25) is 17.7 Å². The van der Waals surface area contributed by atoms with Crippen molar-refractivity contribution in [3.63, 3.8) is 0 Å². The molecule has 0 aliphatic carbocycles. The van der Waals surface area contributed by atoms with E-state index in [1.807, 2.05) is 13.8 Å². The Labute approximate surface area is 107 Å². The summed E-state index contributed by atoms with van der Waals surface area (Å²) < 4.78 is 5.01. The zero-order chi connectivity index (χ0) is 13.5. The van der Waals surface area contributed by atoms with Crippen LogP contribution in [0.4, 0.5) is 5.95 Å². The smallest absolute Gasteiger partial charge is 0.240 e. The van der Waals surface area contributed by atoms with Crippen LogP contribution in [-0.4, -0.2) is 35.6 Å². The molecular formula is C12H20N4O2. The summed E-state index contributed by atoms with van der Waals surface area (Å²) >= 11 is 0. The van der Waals surface area contributed by atoms with Gasteiger partial charge in [-0.05, 0) is 20.3 Å². The molecule has 1 unspecified atom stereocenters. The molecule has 1 amide bonds. The number of methoxy groups -OCH3 is 1. The lowest BCUT2D eigenvalue weighted by Gasteiger charge is -2.11. The van der Waals surface area contributed by atoms with E-state index in [-0.39, 0.29) is 18.4 Å². The highest BCUT2D eigenvalue weighted by atomic mass is 16.5. The minimum absolute atomic E-state index is 0.164. The van der Waals surface area contributed by atoms with Crippen molar-refractivity contribution >= 4 is 11.9 Å². The number of anilines is 1. The fourth-order valence-corrected chi connectivity index (χ4v) is 1.28. The van der Waals surface area contributed by atoms with Gasteiger partial charge in [0, 0.05) is 17.8 Å². The van der Waals surface area contributed by atoms with Gasteiger partial charge in [-0.1, -0.05) is 6.92 Å². The van der Waals surface area contributed by atoms with Gasteiger partial charge in [0.25, 0.3) is 0 Å². The number of aromatic nitrogens is 2. The van der Waals surface area contributed by atoms with E-state index in [1.54, 1.807) is 6.07 Å². The van der Waals surface area contributed by atoms with Crippen LogP contribution in [0, 0.1) is 6.92 Å². The number of aryl methyl sites for hydroxylation is 1. The van der Waals surface area contributed by atoms with Crippen molar-refractivity contribution in [2.75, 3.05) is 19.0 Å². The molecule has 6 nitrogen and oxygen atoms in total. The zero-order valence-electron chi connectivity index (χ0n) is 11.3. The first-order chi connectivity index (χ1) is 8.55. The lowest BCUT2D eigenvalue weighted by Crippen LogP contribution is -2.34. The van der Waals surface area contributed by atoms with Gasteiger partial charge in [0.1, 0.15) is 0 Å². The number of hydrogen-bond acceptors (Lipinski definition) is 5. The minimum atomic E-state index is -0.164. The summed E-state index contributed by atoms with van der Waals surface area (Å²) in [7, 11) is 1.53. The number of amides is 1. The second-order valence-electron chi connectivity index (χ2n) is 4.11. The summed E-state index contributed by atoms with van der Waals surface area (Å²) in [6, 6.07) is 2.01. The Morgan fingerprint density at radius 1 is 1.50 bits per heavy atom. The summed E-state index contributed by atoms with van der Waals surface area (Å²) in [5.74, 6) is 0.540. The van der Waals surface area contributed by atoms with Crippen molar-refractivity contribution in [1.29, 1.82) is 0 Å². The monoisotopic (exact) mass is 252 g/mol. The summed E-state index contributed by atoms with van der Waals surface area (Å²) in [5.41, 5.74) is 0.743. The van der Waals surface area contributed by atoms with E-state index in [1.165, 1.54) is 7.11 Å². The lowest BCUT2D eigenvalue weighted by molar-refractivity contribution is -0.115. The normalized spacial score (nSPS) is 12.0. The second kappa shape index (κ2) is 6.90. The third-order valence-electron chi connectivity index (χ3n) is 2.51. The van der Waals surface area contributed by atoms with Crippen molar-refractivity contribution in [2.45, 2.75) is 33.2 Å². The molecule has 2 N–H and O–H groups in total. The highest BCUT2D eigenvalue weighted by Crippen LogP contribution is 2.10. The molecule has 6 heteroatoms. The van der Waals surface area contributed by atoms with Crippen LogP contribution < -0.4 is 15.4 Å². The first-order valence-electron chi connectivity index (χ1n) is 5.98. The fraction of sp³-hybridized carbons (Fsp3) is 0.583. The highest BCUT2D eigenvalue weighted by Gasteiger charge is 2.08. The van der Waals surface area contributed by atoms with Gasteiger partial charge >= 0.3 is 0 Å². The van der Waals surface area contributed by atoms with Gasteiger partial charge in [-0.3, -0.25) is 10.1 Å². The number of carbonyl (C=O) groups is 1. The molecule has 0 fully saturated rings. The number of nitrogens with one attached hydrogen (secondary N) is 2. The minimum Gasteiger partial charge on any atom is -0.481 e. The highest BCUT2D eigenvalue weighted by molar-refractivity contribution is 5.90. The number of nitrogens with zero attached hydrogens (tertiary/aromatic N) is 2. The van der Waals surface area contributed by atoms with Gasteiger partial charge in [-0.15, -0.1) is 0 Å². The Kier molecular flexibility index (Phi) is 5.51. The molecule has 0 bridgehead atoms. The quantitative estimate of drug-likeness (QED) is 0.793. The van der Waals surface area contributed by atoms with Gasteiger partial charge in [0.05, 0.1) is 13.7 Å². The van der Waals surface area contributed by atoms with E-state index < -0.39 is 0 Å². The second-order valence-corrected chi connectivity index (χ2v) is 4.11. The maximum Gasteiger partial charge on any atom is 0.240 e. The van der Waals surface area contributed by atoms with Gasteiger partial charge < -0.3 is 10.1 Å². The van der Waals surface area contributed by atoms with Crippen molar-refractivity contribution < 1.29 is 9.53 Å². The van der Waals surface area contributed by atoms with Crippen LogP contribution in [0.25, 0.3) is 0 Å². The number of carbonyl (C=O) groups excluding carboxylic acids is 1. The number of ether oxygens (including phenoxy) is 1. The largest absolute Gasteiger partial charge is 0.481 e. The summed E-state index contributed by atoms with van der Waals surface area (Å²) in [6.07, 6.45) is 0.974. The van der Waals surface area contributed by atoms with Crippen LogP contribution in [0.1, 0.15) is 26.0 Å². The SMILES string of the molecule is CCC(C)NCC(=O)Nc1nc(C)cc(OC)n1. The van der Waals surface area contributed by atoms with Crippen LogP contribution in [0.5, 0.6) is 5.88 Å². The Morgan fingerprint density at radius 3 is 2.83 bits per heavy atom.